The van der Waals surface area contributed by atoms with E-state index in [1.54, 1.807) is 12.3 Å². The van der Waals surface area contributed by atoms with Gasteiger partial charge in [0.1, 0.15) is 5.69 Å². The fourth-order valence-corrected chi connectivity index (χ4v) is 3.43. The lowest BCUT2D eigenvalue weighted by Gasteiger charge is -2.18. The van der Waals surface area contributed by atoms with E-state index in [0.717, 1.165) is 31.6 Å². The third-order valence-corrected chi connectivity index (χ3v) is 4.47. The molecule has 3 rings (SSSR count). The first-order chi connectivity index (χ1) is 9.69. The third-order valence-electron chi connectivity index (χ3n) is 4.47. The second-order valence-corrected chi connectivity index (χ2v) is 5.74. The van der Waals surface area contributed by atoms with Gasteiger partial charge >= 0.3 is 0 Å². The normalized spacial score (nSPS) is 28.5. The van der Waals surface area contributed by atoms with Crippen LogP contribution in [0, 0.1) is 11.8 Å². The number of aliphatic hydroxyl groups excluding tert-OH is 1. The number of aromatic nitrogens is 1. The van der Waals surface area contributed by atoms with E-state index in [9.17, 15) is 9.90 Å². The summed E-state index contributed by atoms with van der Waals surface area (Å²) in [4.78, 5) is 18.5. The molecule has 0 radical (unpaired) electrons. The average Bonchev–Trinajstić information content (AvgIpc) is 3.01. The molecule has 5 heteroatoms. The van der Waals surface area contributed by atoms with Gasteiger partial charge in [-0.25, -0.2) is 0 Å². The van der Waals surface area contributed by atoms with Crippen molar-refractivity contribution in [3.8, 4) is 0 Å². The second kappa shape index (κ2) is 5.40. The lowest BCUT2D eigenvalue weighted by Crippen LogP contribution is -2.31. The van der Waals surface area contributed by atoms with Crippen LogP contribution in [0.5, 0.6) is 0 Å². The average molecular weight is 275 g/mol. The molecule has 1 aromatic heterocycles. The standard InChI is InChI=1S/C15H21N3O2/c1-2-16-11-5-6-17-13(7-11)15(20)18-8-10-3-4-14(19)12(10)9-18/h5-7,10,12,14,19H,2-4,8-9H2,1H3,(H,16,17). The van der Waals surface area contributed by atoms with Crippen LogP contribution >= 0.6 is 0 Å². The van der Waals surface area contributed by atoms with Gasteiger partial charge in [-0.1, -0.05) is 0 Å². The van der Waals surface area contributed by atoms with Gasteiger partial charge in [0.15, 0.2) is 0 Å². The minimum Gasteiger partial charge on any atom is -0.393 e. The summed E-state index contributed by atoms with van der Waals surface area (Å²) in [6.45, 7) is 4.26. The maximum absolute atomic E-state index is 12.5. The summed E-state index contributed by atoms with van der Waals surface area (Å²) in [6.07, 6.45) is 3.34. The summed E-state index contributed by atoms with van der Waals surface area (Å²) in [6, 6.07) is 3.67. The first kappa shape index (κ1) is 13.4. The summed E-state index contributed by atoms with van der Waals surface area (Å²) in [5, 5.41) is 13.1. The van der Waals surface area contributed by atoms with Crippen LogP contribution in [0.25, 0.3) is 0 Å². The molecule has 1 aromatic rings. The number of carbonyl (C=O) groups is 1. The van der Waals surface area contributed by atoms with Crippen molar-refractivity contribution in [2.45, 2.75) is 25.9 Å². The lowest BCUT2D eigenvalue weighted by atomic mass is 10.00. The fourth-order valence-electron chi connectivity index (χ4n) is 3.43. The molecule has 108 valence electrons. The number of anilines is 1. The monoisotopic (exact) mass is 275 g/mol. The van der Waals surface area contributed by atoms with Gasteiger partial charge in [0.25, 0.3) is 5.91 Å². The number of amides is 1. The molecule has 5 nitrogen and oxygen atoms in total. The van der Waals surface area contributed by atoms with Crippen molar-refractivity contribution >= 4 is 11.6 Å². The number of nitrogens with zero attached hydrogens (tertiary/aromatic N) is 2. The van der Waals surface area contributed by atoms with Crippen LogP contribution in [0.1, 0.15) is 30.3 Å². The molecule has 2 N–H and O–H groups in total. The summed E-state index contributed by atoms with van der Waals surface area (Å²) in [5.74, 6) is 0.702. The van der Waals surface area contributed by atoms with Crippen LogP contribution in [0.15, 0.2) is 18.3 Å². The van der Waals surface area contributed by atoms with Crippen molar-refractivity contribution in [2.24, 2.45) is 11.8 Å². The van der Waals surface area contributed by atoms with Crippen LogP contribution in [-0.4, -0.2) is 46.6 Å². The molecule has 20 heavy (non-hydrogen) atoms. The molecule has 0 spiro atoms. The molecular weight excluding hydrogens is 254 g/mol. The van der Waals surface area contributed by atoms with Crippen molar-refractivity contribution in [3.05, 3.63) is 24.0 Å². The Morgan fingerprint density at radius 2 is 2.35 bits per heavy atom. The minimum absolute atomic E-state index is 0.0219. The molecule has 0 aromatic carbocycles. The first-order valence-corrected chi connectivity index (χ1v) is 7.36. The second-order valence-electron chi connectivity index (χ2n) is 5.74. The molecule has 0 bridgehead atoms. The zero-order valence-electron chi connectivity index (χ0n) is 11.7. The van der Waals surface area contributed by atoms with Crippen LogP contribution in [0.4, 0.5) is 5.69 Å². The fraction of sp³-hybridized carbons (Fsp3) is 0.600. The molecule has 2 heterocycles. The summed E-state index contributed by atoms with van der Waals surface area (Å²) >= 11 is 0. The SMILES string of the molecule is CCNc1ccnc(C(=O)N2CC3CCC(O)C3C2)c1. The number of likely N-dealkylation sites (tertiary alicyclic amines) is 1. The number of nitrogens with one attached hydrogen (secondary N) is 1. The molecule has 1 saturated carbocycles. The van der Waals surface area contributed by atoms with Crippen molar-refractivity contribution < 1.29 is 9.90 Å². The van der Waals surface area contributed by atoms with Gasteiger partial charge in [0.05, 0.1) is 6.10 Å². The molecule has 1 aliphatic carbocycles. The minimum atomic E-state index is -0.237. The molecule has 1 saturated heterocycles. The van der Waals surface area contributed by atoms with E-state index in [1.165, 1.54) is 0 Å². The molecule has 3 unspecified atom stereocenters. The number of pyridine rings is 1. The van der Waals surface area contributed by atoms with Gasteiger partial charge in [-0.3, -0.25) is 9.78 Å². The Labute approximate surface area is 119 Å². The maximum Gasteiger partial charge on any atom is 0.272 e. The third kappa shape index (κ3) is 2.38. The zero-order valence-corrected chi connectivity index (χ0v) is 11.7. The summed E-state index contributed by atoms with van der Waals surface area (Å²) in [5.41, 5.74) is 1.41. The smallest absolute Gasteiger partial charge is 0.272 e. The van der Waals surface area contributed by atoms with Gasteiger partial charge in [-0.15, -0.1) is 0 Å². The maximum atomic E-state index is 12.5. The highest BCUT2D eigenvalue weighted by Crippen LogP contribution is 2.38. The molecular formula is C15H21N3O2. The van der Waals surface area contributed by atoms with Crippen LogP contribution in [-0.2, 0) is 0 Å². The van der Waals surface area contributed by atoms with Gasteiger partial charge in [0, 0.05) is 37.4 Å². The first-order valence-electron chi connectivity index (χ1n) is 7.36. The number of rotatable bonds is 3. The Morgan fingerprint density at radius 3 is 3.10 bits per heavy atom. The Bertz CT molecular complexity index is 506. The van der Waals surface area contributed by atoms with Crippen LogP contribution < -0.4 is 5.32 Å². The van der Waals surface area contributed by atoms with E-state index in [0.29, 0.717) is 18.2 Å². The number of hydrogen-bond acceptors (Lipinski definition) is 4. The van der Waals surface area contributed by atoms with Crippen molar-refractivity contribution in [1.29, 1.82) is 0 Å². The van der Waals surface area contributed by atoms with Crippen molar-refractivity contribution in [3.63, 3.8) is 0 Å². The van der Waals surface area contributed by atoms with Gasteiger partial charge in [-0.2, -0.15) is 0 Å². The molecule has 1 aliphatic heterocycles. The zero-order chi connectivity index (χ0) is 14.1. The van der Waals surface area contributed by atoms with Gasteiger partial charge in [0.2, 0.25) is 0 Å². The number of aliphatic hydroxyl groups is 1. The van der Waals surface area contributed by atoms with Gasteiger partial charge in [-0.05, 0) is 37.8 Å². The quantitative estimate of drug-likeness (QED) is 0.874. The van der Waals surface area contributed by atoms with Gasteiger partial charge < -0.3 is 15.3 Å². The highest BCUT2D eigenvalue weighted by atomic mass is 16.3. The number of fused-ring (bicyclic) bond motifs is 1. The largest absolute Gasteiger partial charge is 0.393 e. The molecule has 3 atom stereocenters. The van der Waals surface area contributed by atoms with E-state index < -0.39 is 0 Å². The van der Waals surface area contributed by atoms with Crippen LogP contribution in [0.3, 0.4) is 0 Å². The summed E-state index contributed by atoms with van der Waals surface area (Å²) < 4.78 is 0. The van der Waals surface area contributed by atoms with E-state index in [2.05, 4.69) is 10.3 Å². The molecule has 2 aliphatic rings. The lowest BCUT2D eigenvalue weighted by molar-refractivity contribution is 0.0747. The van der Waals surface area contributed by atoms with Crippen LogP contribution in [0.2, 0.25) is 0 Å². The predicted octanol–water partition coefficient (Wildman–Crippen LogP) is 1.36. The molecule has 2 fully saturated rings. The summed E-state index contributed by atoms with van der Waals surface area (Å²) in [7, 11) is 0. The predicted molar refractivity (Wildman–Crippen MR) is 76.5 cm³/mol. The highest BCUT2D eigenvalue weighted by Gasteiger charge is 2.43. The Hall–Kier alpha value is -1.62. The number of hydrogen-bond donors (Lipinski definition) is 2. The number of carbonyl (C=O) groups excluding carboxylic acids is 1. The van der Waals surface area contributed by atoms with E-state index >= 15 is 0 Å². The van der Waals surface area contributed by atoms with E-state index in [4.69, 9.17) is 0 Å². The Balaban J connectivity index is 1.72. The molecule has 1 amide bonds. The topological polar surface area (TPSA) is 65.5 Å². The Morgan fingerprint density at radius 1 is 1.50 bits per heavy atom. The van der Waals surface area contributed by atoms with E-state index in [-0.39, 0.29) is 17.9 Å². The Kier molecular flexibility index (Phi) is 3.61. The van der Waals surface area contributed by atoms with Crippen molar-refractivity contribution in [1.82, 2.24) is 9.88 Å². The van der Waals surface area contributed by atoms with Crippen molar-refractivity contribution in [2.75, 3.05) is 25.0 Å². The highest BCUT2D eigenvalue weighted by molar-refractivity contribution is 5.93. The van der Waals surface area contributed by atoms with E-state index in [1.807, 2.05) is 17.9 Å².